The van der Waals surface area contributed by atoms with E-state index < -0.39 is 24.5 Å². The van der Waals surface area contributed by atoms with Gasteiger partial charge in [-0.05, 0) is 6.07 Å². The van der Waals surface area contributed by atoms with Crippen LogP contribution >= 0.6 is 0 Å². The quantitative estimate of drug-likeness (QED) is 0.509. The SMILES string of the molecule is OCC1OC(n2ccc3c(-c4cnc[nH]4)ncnc32)C(O)C1O. The maximum absolute atomic E-state index is 10.2. The van der Waals surface area contributed by atoms with Crippen LogP contribution in [0.2, 0.25) is 0 Å². The van der Waals surface area contributed by atoms with Gasteiger partial charge in [0.05, 0.1) is 24.8 Å². The molecule has 9 nitrogen and oxygen atoms in total. The van der Waals surface area contributed by atoms with Gasteiger partial charge in [0.1, 0.15) is 36.0 Å². The van der Waals surface area contributed by atoms with Crippen molar-refractivity contribution in [3.63, 3.8) is 0 Å². The molecule has 120 valence electrons. The summed E-state index contributed by atoms with van der Waals surface area (Å²) in [6.45, 7) is -0.373. The third-order valence-corrected chi connectivity index (χ3v) is 4.05. The Labute approximate surface area is 130 Å². The van der Waals surface area contributed by atoms with Crippen molar-refractivity contribution in [1.29, 1.82) is 0 Å². The lowest BCUT2D eigenvalue weighted by Crippen LogP contribution is -2.33. The van der Waals surface area contributed by atoms with E-state index in [1.54, 1.807) is 29.4 Å². The zero-order chi connectivity index (χ0) is 16.0. The summed E-state index contributed by atoms with van der Waals surface area (Å²) in [5, 5.41) is 30.1. The Kier molecular flexibility index (Phi) is 3.34. The van der Waals surface area contributed by atoms with Crippen LogP contribution in [0.3, 0.4) is 0 Å². The number of aromatic amines is 1. The predicted molar refractivity (Wildman–Crippen MR) is 78.1 cm³/mol. The number of fused-ring (bicyclic) bond motifs is 1. The average Bonchev–Trinajstić information content (AvgIpc) is 3.28. The first-order valence-electron chi connectivity index (χ1n) is 7.13. The second kappa shape index (κ2) is 5.39. The van der Waals surface area contributed by atoms with E-state index in [4.69, 9.17) is 4.74 Å². The van der Waals surface area contributed by atoms with Crippen LogP contribution < -0.4 is 0 Å². The number of rotatable bonds is 3. The van der Waals surface area contributed by atoms with Crippen LogP contribution in [0.4, 0.5) is 0 Å². The molecule has 0 spiro atoms. The van der Waals surface area contributed by atoms with Crippen molar-refractivity contribution in [1.82, 2.24) is 24.5 Å². The van der Waals surface area contributed by atoms with Crippen molar-refractivity contribution < 1.29 is 20.1 Å². The number of aliphatic hydroxyl groups is 3. The largest absolute Gasteiger partial charge is 0.394 e. The fourth-order valence-electron chi connectivity index (χ4n) is 2.89. The molecule has 0 bridgehead atoms. The first-order valence-corrected chi connectivity index (χ1v) is 7.13. The van der Waals surface area contributed by atoms with Gasteiger partial charge in [-0.3, -0.25) is 0 Å². The number of nitrogens with zero attached hydrogens (tertiary/aromatic N) is 4. The summed E-state index contributed by atoms with van der Waals surface area (Å²) in [5.41, 5.74) is 1.98. The third-order valence-electron chi connectivity index (χ3n) is 4.05. The molecule has 4 heterocycles. The zero-order valence-corrected chi connectivity index (χ0v) is 11.9. The normalized spacial score (nSPS) is 27.8. The molecule has 0 aliphatic carbocycles. The highest BCUT2D eigenvalue weighted by molar-refractivity contribution is 5.89. The van der Waals surface area contributed by atoms with Crippen LogP contribution in [0.1, 0.15) is 6.23 Å². The summed E-state index contributed by atoms with van der Waals surface area (Å²) >= 11 is 0. The number of aromatic nitrogens is 5. The third kappa shape index (κ3) is 2.13. The number of ether oxygens (including phenoxy) is 1. The maximum Gasteiger partial charge on any atom is 0.164 e. The van der Waals surface area contributed by atoms with E-state index in [0.29, 0.717) is 11.3 Å². The monoisotopic (exact) mass is 317 g/mol. The van der Waals surface area contributed by atoms with E-state index in [-0.39, 0.29) is 6.61 Å². The molecular weight excluding hydrogens is 302 g/mol. The molecule has 1 aliphatic heterocycles. The van der Waals surface area contributed by atoms with Gasteiger partial charge in [0.25, 0.3) is 0 Å². The van der Waals surface area contributed by atoms with Gasteiger partial charge in [-0.25, -0.2) is 15.0 Å². The molecule has 9 heteroatoms. The lowest BCUT2D eigenvalue weighted by Gasteiger charge is -2.17. The maximum atomic E-state index is 10.2. The summed E-state index contributed by atoms with van der Waals surface area (Å²) in [5.74, 6) is 0. The second-order valence-electron chi connectivity index (χ2n) is 5.38. The van der Waals surface area contributed by atoms with E-state index in [2.05, 4.69) is 19.9 Å². The highest BCUT2D eigenvalue weighted by atomic mass is 16.6. The lowest BCUT2D eigenvalue weighted by atomic mass is 10.1. The van der Waals surface area contributed by atoms with Crippen LogP contribution in [-0.2, 0) is 4.74 Å². The van der Waals surface area contributed by atoms with E-state index in [1.807, 2.05) is 0 Å². The number of imidazole rings is 1. The molecule has 0 radical (unpaired) electrons. The van der Waals surface area contributed by atoms with Gasteiger partial charge in [0.15, 0.2) is 6.23 Å². The molecule has 0 amide bonds. The topological polar surface area (TPSA) is 129 Å². The van der Waals surface area contributed by atoms with Crippen LogP contribution in [0.25, 0.3) is 22.4 Å². The molecule has 3 aromatic rings. The fourth-order valence-corrected chi connectivity index (χ4v) is 2.89. The van der Waals surface area contributed by atoms with E-state index in [9.17, 15) is 15.3 Å². The Morgan fingerprint density at radius 3 is 2.83 bits per heavy atom. The first-order chi connectivity index (χ1) is 11.2. The van der Waals surface area contributed by atoms with Gasteiger partial charge >= 0.3 is 0 Å². The van der Waals surface area contributed by atoms with E-state index in [0.717, 1.165) is 11.1 Å². The zero-order valence-electron chi connectivity index (χ0n) is 11.9. The summed E-state index contributed by atoms with van der Waals surface area (Å²) in [7, 11) is 0. The van der Waals surface area contributed by atoms with Crippen LogP contribution in [-0.4, -0.2) is 64.7 Å². The van der Waals surface area contributed by atoms with Crippen LogP contribution in [0.15, 0.2) is 31.1 Å². The van der Waals surface area contributed by atoms with Gasteiger partial charge in [-0.15, -0.1) is 0 Å². The van der Waals surface area contributed by atoms with Crippen molar-refractivity contribution in [2.75, 3.05) is 6.61 Å². The molecule has 1 fully saturated rings. The average molecular weight is 317 g/mol. The van der Waals surface area contributed by atoms with Gasteiger partial charge in [0, 0.05) is 11.6 Å². The minimum Gasteiger partial charge on any atom is -0.394 e. The van der Waals surface area contributed by atoms with Gasteiger partial charge in [-0.1, -0.05) is 0 Å². The molecule has 23 heavy (non-hydrogen) atoms. The van der Waals surface area contributed by atoms with Gasteiger partial charge in [-0.2, -0.15) is 0 Å². The molecule has 0 aromatic carbocycles. The minimum atomic E-state index is -1.16. The lowest BCUT2D eigenvalue weighted by molar-refractivity contribution is -0.0508. The van der Waals surface area contributed by atoms with E-state index in [1.165, 1.54) is 6.33 Å². The molecule has 4 N–H and O–H groups in total. The number of nitrogens with one attached hydrogen (secondary N) is 1. The fraction of sp³-hybridized carbons (Fsp3) is 0.357. The number of hydrogen-bond donors (Lipinski definition) is 4. The Bertz CT molecular complexity index is 818. The molecular formula is C14H15N5O4. The van der Waals surface area contributed by atoms with Crippen LogP contribution in [0, 0.1) is 0 Å². The molecule has 4 atom stereocenters. The molecule has 4 unspecified atom stereocenters. The van der Waals surface area contributed by atoms with E-state index >= 15 is 0 Å². The smallest absolute Gasteiger partial charge is 0.164 e. The Hall–Kier alpha value is -2.33. The Balaban J connectivity index is 1.80. The number of aliphatic hydroxyl groups excluding tert-OH is 3. The Morgan fingerprint density at radius 2 is 2.13 bits per heavy atom. The van der Waals surface area contributed by atoms with Crippen molar-refractivity contribution in [2.24, 2.45) is 0 Å². The summed E-state index contributed by atoms with van der Waals surface area (Å²) in [6.07, 6.45) is 2.36. The second-order valence-corrected chi connectivity index (χ2v) is 5.38. The van der Waals surface area contributed by atoms with Crippen molar-refractivity contribution in [2.45, 2.75) is 24.5 Å². The highest BCUT2D eigenvalue weighted by Crippen LogP contribution is 2.33. The summed E-state index contributed by atoms with van der Waals surface area (Å²) < 4.78 is 7.18. The van der Waals surface area contributed by atoms with Crippen molar-refractivity contribution in [3.8, 4) is 11.4 Å². The van der Waals surface area contributed by atoms with Crippen molar-refractivity contribution >= 4 is 11.0 Å². The minimum absolute atomic E-state index is 0.373. The molecule has 4 rings (SSSR count). The molecule has 1 saturated heterocycles. The molecule has 0 saturated carbocycles. The number of H-pyrrole nitrogens is 1. The Morgan fingerprint density at radius 1 is 1.26 bits per heavy atom. The molecule has 1 aliphatic rings. The number of hydrogen-bond acceptors (Lipinski definition) is 7. The summed E-state index contributed by atoms with van der Waals surface area (Å²) in [4.78, 5) is 15.5. The highest BCUT2D eigenvalue weighted by Gasteiger charge is 2.43. The predicted octanol–water partition coefficient (Wildman–Crippen LogP) is -0.567. The van der Waals surface area contributed by atoms with Gasteiger partial charge in [0.2, 0.25) is 0 Å². The van der Waals surface area contributed by atoms with Crippen molar-refractivity contribution in [3.05, 3.63) is 31.1 Å². The van der Waals surface area contributed by atoms with Gasteiger partial charge < -0.3 is 29.6 Å². The summed E-state index contributed by atoms with van der Waals surface area (Å²) in [6, 6.07) is 1.81. The molecule has 3 aromatic heterocycles. The van der Waals surface area contributed by atoms with Crippen LogP contribution in [0.5, 0.6) is 0 Å². The first kappa shape index (κ1) is 14.3. The standard InChI is InChI=1S/C14H15N5O4/c20-4-9-11(21)12(22)14(23-9)19-2-1-7-10(8-3-15-5-16-8)17-6-18-13(7)19/h1-3,5-6,9,11-12,14,20-22H,4H2,(H,15,16).